The number of para-hydroxylation sites is 2. The van der Waals surface area contributed by atoms with Gasteiger partial charge in [-0.05, 0) is 32.0 Å². The van der Waals surface area contributed by atoms with E-state index in [2.05, 4.69) is 11.6 Å². The minimum absolute atomic E-state index is 0.00582. The van der Waals surface area contributed by atoms with Crippen molar-refractivity contribution < 1.29 is 23.5 Å². The number of rotatable bonds is 5. The van der Waals surface area contributed by atoms with Crippen LogP contribution in [0.4, 0.5) is 10.8 Å². The molecule has 1 atom stereocenters. The number of carbonyl (C=O) groups is 3. The highest BCUT2D eigenvalue weighted by atomic mass is 32.1. The second-order valence-corrected chi connectivity index (χ2v) is 9.82. The van der Waals surface area contributed by atoms with E-state index in [4.69, 9.17) is 9.15 Å². The van der Waals surface area contributed by atoms with Gasteiger partial charge in [-0.15, -0.1) is 0 Å². The van der Waals surface area contributed by atoms with Crippen molar-refractivity contribution in [3.63, 3.8) is 0 Å². The van der Waals surface area contributed by atoms with E-state index >= 15 is 0 Å². The van der Waals surface area contributed by atoms with Crippen LogP contribution in [0, 0.1) is 6.92 Å². The van der Waals surface area contributed by atoms with E-state index in [-0.39, 0.29) is 38.9 Å². The Morgan fingerprint density at radius 2 is 1.89 bits per heavy atom. The predicted octanol–water partition coefficient (Wildman–Crippen LogP) is 4.17. The molecule has 0 fully saturated rings. The van der Waals surface area contributed by atoms with Gasteiger partial charge in [0.05, 0.1) is 22.3 Å². The number of carbonyl (C=O) groups excluding carboxylic acids is 3. The van der Waals surface area contributed by atoms with Crippen LogP contribution in [-0.4, -0.2) is 35.9 Å². The maximum atomic E-state index is 14.4. The van der Waals surface area contributed by atoms with Crippen molar-refractivity contribution in [2.75, 3.05) is 23.0 Å². The zero-order valence-electron chi connectivity index (χ0n) is 20.5. The highest BCUT2D eigenvalue weighted by molar-refractivity contribution is 7.17. The number of amides is 2. The summed E-state index contributed by atoms with van der Waals surface area (Å²) in [5.74, 6) is -2.01. The van der Waals surface area contributed by atoms with Crippen LogP contribution in [0.25, 0.3) is 11.0 Å². The fraction of sp³-hybridized carbons (Fsp3) is 0.179. The Labute approximate surface area is 220 Å². The van der Waals surface area contributed by atoms with Crippen molar-refractivity contribution in [2.45, 2.75) is 19.4 Å². The summed E-state index contributed by atoms with van der Waals surface area (Å²) in [5, 5.41) is 0.332. The number of nitrogens with zero attached hydrogens (tertiary/aromatic N) is 3. The molecule has 2 aliphatic rings. The van der Waals surface area contributed by atoms with Crippen LogP contribution < -0.4 is 15.2 Å². The maximum absolute atomic E-state index is 14.4. The summed E-state index contributed by atoms with van der Waals surface area (Å²) in [6.45, 7) is 7.30. The molecule has 38 heavy (non-hydrogen) atoms. The highest BCUT2D eigenvalue weighted by Crippen LogP contribution is 2.54. The molecule has 1 unspecified atom stereocenters. The minimum atomic E-state index is -1.85. The summed E-state index contributed by atoms with van der Waals surface area (Å²) < 4.78 is 11.2. The van der Waals surface area contributed by atoms with Crippen LogP contribution >= 0.6 is 11.3 Å². The molecule has 10 heteroatoms. The number of fused-ring (bicyclic) bond motifs is 5. The lowest BCUT2D eigenvalue weighted by molar-refractivity contribution is -0.121. The molecule has 4 aromatic rings. The number of ether oxygens (including phenoxy) is 1. The van der Waals surface area contributed by atoms with Gasteiger partial charge in [0.2, 0.25) is 5.76 Å². The molecule has 6 rings (SSSR count). The summed E-state index contributed by atoms with van der Waals surface area (Å²) in [5.41, 5.74) is -0.778. The zero-order chi connectivity index (χ0) is 26.8. The van der Waals surface area contributed by atoms with Gasteiger partial charge in [0.15, 0.2) is 16.1 Å². The number of hydrogen-bond acceptors (Lipinski definition) is 8. The number of aromatic nitrogens is 1. The number of likely N-dealkylation sites (N-methyl/N-ethyl adjacent to an activating group) is 1. The van der Waals surface area contributed by atoms with Gasteiger partial charge in [-0.1, -0.05) is 54.3 Å². The molecule has 0 N–H and O–H groups in total. The third-order valence-corrected chi connectivity index (χ3v) is 7.96. The Bertz CT molecular complexity index is 1760. The fourth-order valence-electron chi connectivity index (χ4n) is 5.29. The molecular formula is C28H21N3O6S. The first-order valence-corrected chi connectivity index (χ1v) is 12.8. The molecule has 0 bridgehead atoms. The molecule has 4 heterocycles. The van der Waals surface area contributed by atoms with Gasteiger partial charge in [-0.3, -0.25) is 19.3 Å². The summed E-state index contributed by atoms with van der Waals surface area (Å²) in [7, 11) is 0. The molecule has 9 nitrogen and oxygen atoms in total. The molecule has 0 saturated carbocycles. The van der Waals surface area contributed by atoms with Crippen LogP contribution in [0.2, 0.25) is 0 Å². The standard InChI is InChI=1S/C28H21N3O6S/c1-4-14-36-25(34)23-15(3)29-27(38-23)31-24(33)22-20(21(32)16-10-6-9-13-19(16)37-22)28(31)17-11-7-8-12-18(17)30(5-2)26(28)35/h4,6-13H,1,5,14H2,2-3H3. The van der Waals surface area contributed by atoms with Crippen LogP contribution in [0.3, 0.4) is 0 Å². The Morgan fingerprint density at radius 3 is 2.66 bits per heavy atom. The van der Waals surface area contributed by atoms with E-state index in [0.29, 0.717) is 23.5 Å². The SMILES string of the molecule is C=CCOC(=O)c1sc(N2C(=O)c3oc4ccccc4c(=O)c3C23C(=O)N(CC)c2ccccc23)nc1C. The van der Waals surface area contributed by atoms with Crippen LogP contribution in [0.15, 0.2) is 70.4 Å². The molecule has 2 aromatic carbocycles. The average molecular weight is 528 g/mol. The zero-order valence-corrected chi connectivity index (χ0v) is 21.3. The van der Waals surface area contributed by atoms with E-state index in [9.17, 15) is 19.2 Å². The van der Waals surface area contributed by atoms with E-state index < -0.39 is 28.8 Å². The van der Waals surface area contributed by atoms with Gasteiger partial charge in [0, 0.05) is 12.1 Å². The molecule has 0 saturated heterocycles. The maximum Gasteiger partial charge on any atom is 0.350 e. The highest BCUT2D eigenvalue weighted by Gasteiger charge is 2.66. The van der Waals surface area contributed by atoms with Gasteiger partial charge in [-0.25, -0.2) is 9.78 Å². The molecule has 190 valence electrons. The van der Waals surface area contributed by atoms with E-state index in [0.717, 1.165) is 11.3 Å². The first-order chi connectivity index (χ1) is 18.4. The lowest BCUT2D eigenvalue weighted by atomic mass is 9.84. The molecule has 1 spiro atoms. The van der Waals surface area contributed by atoms with Crippen LogP contribution in [0.1, 0.15) is 44.0 Å². The monoisotopic (exact) mass is 527 g/mol. The normalized spacial score (nSPS) is 17.8. The molecule has 2 amide bonds. The Morgan fingerprint density at radius 1 is 1.16 bits per heavy atom. The number of thiazole rings is 1. The third-order valence-electron chi connectivity index (χ3n) is 6.84. The largest absolute Gasteiger partial charge is 0.457 e. The van der Waals surface area contributed by atoms with Gasteiger partial charge in [-0.2, -0.15) is 0 Å². The quantitative estimate of drug-likeness (QED) is 0.283. The summed E-state index contributed by atoms with van der Waals surface area (Å²) in [6, 6.07) is 13.6. The van der Waals surface area contributed by atoms with E-state index in [1.807, 2.05) is 6.92 Å². The van der Waals surface area contributed by atoms with Crippen molar-refractivity contribution in [1.82, 2.24) is 4.98 Å². The fourth-order valence-corrected chi connectivity index (χ4v) is 6.30. The Balaban J connectivity index is 1.69. The van der Waals surface area contributed by atoms with E-state index in [1.54, 1.807) is 60.4 Å². The van der Waals surface area contributed by atoms with E-state index in [1.165, 1.54) is 11.0 Å². The predicted molar refractivity (Wildman–Crippen MR) is 142 cm³/mol. The van der Waals surface area contributed by atoms with Crippen molar-refractivity contribution in [2.24, 2.45) is 0 Å². The van der Waals surface area contributed by atoms with Crippen LogP contribution in [-0.2, 0) is 15.1 Å². The first-order valence-electron chi connectivity index (χ1n) is 11.9. The van der Waals surface area contributed by atoms with Crippen LogP contribution in [0.5, 0.6) is 0 Å². The van der Waals surface area contributed by atoms with Gasteiger partial charge >= 0.3 is 5.97 Å². The third kappa shape index (κ3) is 2.94. The second kappa shape index (κ2) is 8.49. The van der Waals surface area contributed by atoms with Crippen molar-refractivity contribution in [3.8, 4) is 0 Å². The number of hydrogen-bond donors (Lipinski definition) is 0. The lowest BCUT2D eigenvalue weighted by Crippen LogP contribution is -2.53. The number of aryl methyl sites for hydroxylation is 1. The summed E-state index contributed by atoms with van der Waals surface area (Å²) >= 11 is 0.917. The molecule has 2 aromatic heterocycles. The van der Waals surface area contributed by atoms with Crippen molar-refractivity contribution in [3.05, 3.63) is 98.9 Å². The molecule has 0 radical (unpaired) electrons. The number of esters is 1. The molecule has 2 aliphatic heterocycles. The minimum Gasteiger partial charge on any atom is -0.457 e. The number of anilines is 2. The second-order valence-electron chi connectivity index (χ2n) is 8.85. The van der Waals surface area contributed by atoms with Gasteiger partial charge in [0.25, 0.3) is 11.8 Å². The smallest absolute Gasteiger partial charge is 0.350 e. The topological polar surface area (TPSA) is 110 Å². The van der Waals surface area contributed by atoms with Crippen molar-refractivity contribution >= 4 is 50.9 Å². The van der Waals surface area contributed by atoms with Crippen molar-refractivity contribution in [1.29, 1.82) is 0 Å². The average Bonchev–Trinajstić information content (AvgIpc) is 3.51. The lowest BCUT2D eigenvalue weighted by Gasteiger charge is -2.32. The molecule has 0 aliphatic carbocycles. The Kier molecular flexibility index (Phi) is 5.32. The van der Waals surface area contributed by atoms with Gasteiger partial charge < -0.3 is 14.1 Å². The first kappa shape index (κ1) is 23.8. The summed E-state index contributed by atoms with van der Waals surface area (Å²) in [4.78, 5) is 62.7. The molecular weight excluding hydrogens is 506 g/mol. The number of benzene rings is 2. The summed E-state index contributed by atoms with van der Waals surface area (Å²) in [6.07, 6.45) is 1.44. The van der Waals surface area contributed by atoms with Gasteiger partial charge in [0.1, 0.15) is 17.1 Å². The Hall–Kier alpha value is -4.57.